The topological polar surface area (TPSA) is 43.0 Å². The van der Waals surface area contributed by atoms with Gasteiger partial charge in [0.05, 0.1) is 6.57 Å². The van der Waals surface area contributed by atoms with Gasteiger partial charge in [-0.1, -0.05) is 166 Å². The van der Waals surface area contributed by atoms with E-state index in [2.05, 4.69) is 140 Å². The van der Waals surface area contributed by atoms with E-state index in [1.54, 1.807) is 0 Å². The van der Waals surface area contributed by atoms with E-state index in [1.165, 1.54) is 11.1 Å². The molecule has 0 N–H and O–H groups in total. The molecule has 4 nitrogen and oxygen atoms in total. The van der Waals surface area contributed by atoms with Crippen LogP contribution in [-0.2, 0) is 5.41 Å². The lowest BCUT2D eigenvalue weighted by Crippen LogP contribution is -2.14. The molecule has 250 valence electrons. The third-order valence-corrected chi connectivity index (χ3v) is 10.4. The summed E-state index contributed by atoms with van der Waals surface area (Å²) in [6, 6.07) is 58.8. The van der Waals surface area contributed by atoms with Crippen LogP contribution in [-0.4, -0.2) is 15.0 Å². The van der Waals surface area contributed by atoms with Gasteiger partial charge in [0.15, 0.2) is 23.2 Å². The number of rotatable bonds is 6. The fourth-order valence-electron chi connectivity index (χ4n) is 7.55. The second-order valence-corrected chi connectivity index (χ2v) is 14.0. The van der Waals surface area contributed by atoms with Crippen LogP contribution in [0.3, 0.4) is 0 Å². The average molecular weight is 679 g/mol. The summed E-state index contributed by atoms with van der Waals surface area (Å²) in [6.07, 6.45) is 0. The number of hydrogen-bond acceptors (Lipinski definition) is 3. The molecule has 0 atom stereocenters. The van der Waals surface area contributed by atoms with E-state index in [-0.39, 0.29) is 5.41 Å². The minimum absolute atomic E-state index is 0.186. The van der Waals surface area contributed by atoms with Gasteiger partial charge < -0.3 is 0 Å². The van der Waals surface area contributed by atoms with Crippen molar-refractivity contribution < 1.29 is 0 Å². The van der Waals surface area contributed by atoms with Crippen molar-refractivity contribution in [1.82, 2.24) is 15.0 Å². The van der Waals surface area contributed by atoms with Crippen LogP contribution in [0.4, 0.5) is 5.69 Å². The van der Waals surface area contributed by atoms with Gasteiger partial charge in [-0.3, -0.25) is 0 Å². The largest absolute Gasteiger partial charge is 0.238 e. The summed E-state index contributed by atoms with van der Waals surface area (Å²) in [5.74, 6) is 1.90. The Hall–Kier alpha value is -6.96. The molecule has 1 aromatic heterocycles. The summed E-state index contributed by atoms with van der Waals surface area (Å²) >= 11 is 0. The van der Waals surface area contributed by atoms with Crippen LogP contribution in [0.5, 0.6) is 0 Å². The maximum Gasteiger partial charge on any atom is 0.195 e. The molecular formula is C49H34N4. The molecule has 0 saturated carbocycles. The Morgan fingerprint density at radius 2 is 0.830 bits per heavy atom. The Bertz CT molecular complexity index is 2690. The van der Waals surface area contributed by atoms with Gasteiger partial charge in [-0.15, -0.1) is 0 Å². The van der Waals surface area contributed by atoms with Crippen LogP contribution in [0, 0.1) is 6.57 Å². The Morgan fingerprint density at radius 3 is 1.47 bits per heavy atom. The van der Waals surface area contributed by atoms with Crippen molar-refractivity contribution in [3.63, 3.8) is 0 Å². The molecule has 7 aromatic carbocycles. The van der Waals surface area contributed by atoms with Crippen LogP contribution in [0.1, 0.15) is 25.0 Å². The minimum atomic E-state index is -0.186. The van der Waals surface area contributed by atoms with E-state index >= 15 is 0 Å². The van der Waals surface area contributed by atoms with Crippen LogP contribution in [0.25, 0.3) is 83.5 Å². The minimum Gasteiger partial charge on any atom is -0.238 e. The van der Waals surface area contributed by atoms with E-state index in [4.69, 9.17) is 21.5 Å². The predicted molar refractivity (Wildman–Crippen MR) is 216 cm³/mol. The van der Waals surface area contributed by atoms with Gasteiger partial charge >= 0.3 is 0 Å². The van der Waals surface area contributed by atoms with Gasteiger partial charge in [0.25, 0.3) is 0 Å². The second-order valence-electron chi connectivity index (χ2n) is 14.0. The maximum absolute atomic E-state index is 7.77. The molecular weight excluding hydrogens is 645 g/mol. The molecule has 0 spiro atoms. The fourth-order valence-corrected chi connectivity index (χ4v) is 7.55. The Morgan fingerprint density at radius 1 is 0.396 bits per heavy atom. The predicted octanol–water partition coefficient (Wildman–Crippen LogP) is 12.7. The van der Waals surface area contributed by atoms with Gasteiger partial charge in [0.2, 0.25) is 0 Å². The zero-order valence-electron chi connectivity index (χ0n) is 29.5. The van der Waals surface area contributed by atoms with Gasteiger partial charge in [-0.05, 0) is 73.8 Å². The Kier molecular flexibility index (Phi) is 7.83. The zero-order valence-corrected chi connectivity index (χ0v) is 29.5. The highest BCUT2D eigenvalue weighted by Crippen LogP contribution is 2.53. The standard InChI is InChI=1S/C49H34N4/c1-49(2)42-21-12-22-44(50-3)45(42)41-28-27-39(31-43(41)49)38-19-10-17-36(29-38)33-23-25-35(26-24-33)47-51-46(34-15-8-5-9-16-34)52-48(53-47)40-20-11-18-37(30-40)32-13-6-4-7-14-32/h4-31H,1-2H3. The molecule has 0 saturated heterocycles. The van der Waals surface area contributed by atoms with Crippen molar-refractivity contribution in [2.75, 3.05) is 0 Å². The Labute approximate surface area is 310 Å². The van der Waals surface area contributed by atoms with Crippen molar-refractivity contribution in [3.05, 3.63) is 192 Å². The number of fused-ring (bicyclic) bond motifs is 3. The van der Waals surface area contributed by atoms with E-state index in [0.717, 1.165) is 66.9 Å². The van der Waals surface area contributed by atoms with Crippen LogP contribution in [0.15, 0.2) is 170 Å². The first-order chi connectivity index (χ1) is 26.0. The summed E-state index contributed by atoms with van der Waals surface area (Å²) in [5, 5.41) is 0. The molecule has 1 aliphatic rings. The summed E-state index contributed by atoms with van der Waals surface area (Å²) < 4.78 is 0. The van der Waals surface area contributed by atoms with Crippen molar-refractivity contribution in [2.45, 2.75) is 19.3 Å². The summed E-state index contributed by atoms with van der Waals surface area (Å²) in [6.45, 7) is 12.3. The van der Waals surface area contributed by atoms with Crippen LogP contribution in [0.2, 0.25) is 0 Å². The Balaban J connectivity index is 1.06. The molecule has 9 rings (SSSR count). The first kappa shape index (κ1) is 32.0. The average Bonchev–Trinajstić information content (AvgIpc) is 3.47. The SMILES string of the molecule is [C-]#[N+]c1cccc2c1-c1ccc(-c3cccc(-c4ccc(-c5nc(-c6ccccc6)nc(-c6cccc(-c7ccccc7)c6)n5)cc4)c3)cc1C2(C)C. The lowest BCUT2D eigenvalue weighted by Gasteiger charge is -2.22. The van der Waals surface area contributed by atoms with Gasteiger partial charge in [0, 0.05) is 22.1 Å². The molecule has 1 heterocycles. The molecule has 0 unspecified atom stereocenters. The summed E-state index contributed by atoms with van der Waals surface area (Å²) in [5.41, 5.74) is 14.9. The number of aromatic nitrogens is 3. The molecule has 0 bridgehead atoms. The van der Waals surface area contributed by atoms with Gasteiger partial charge in [-0.25, -0.2) is 19.8 Å². The lowest BCUT2D eigenvalue weighted by atomic mass is 9.81. The number of nitrogens with zero attached hydrogens (tertiary/aromatic N) is 4. The molecule has 1 aliphatic carbocycles. The van der Waals surface area contributed by atoms with Crippen molar-refractivity contribution in [1.29, 1.82) is 0 Å². The quantitative estimate of drug-likeness (QED) is 0.164. The van der Waals surface area contributed by atoms with E-state index in [0.29, 0.717) is 17.5 Å². The third-order valence-electron chi connectivity index (χ3n) is 10.4. The normalized spacial score (nSPS) is 12.5. The first-order valence-corrected chi connectivity index (χ1v) is 17.8. The molecule has 8 aromatic rings. The van der Waals surface area contributed by atoms with E-state index < -0.39 is 0 Å². The lowest BCUT2D eigenvalue weighted by molar-refractivity contribution is 0.661. The molecule has 0 aliphatic heterocycles. The molecule has 0 amide bonds. The second kappa shape index (κ2) is 13.0. The monoisotopic (exact) mass is 678 g/mol. The highest BCUT2D eigenvalue weighted by molar-refractivity contribution is 5.91. The van der Waals surface area contributed by atoms with Crippen molar-refractivity contribution in [2.24, 2.45) is 0 Å². The highest BCUT2D eigenvalue weighted by atomic mass is 15.0. The summed E-state index contributed by atoms with van der Waals surface area (Å²) in [4.78, 5) is 18.8. The van der Waals surface area contributed by atoms with Crippen LogP contribution < -0.4 is 0 Å². The van der Waals surface area contributed by atoms with Crippen molar-refractivity contribution >= 4 is 5.69 Å². The van der Waals surface area contributed by atoms with E-state index in [9.17, 15) is 0 Å². The van der Waals surface area contributed by atoms with Gasteiger partial charge in [-0.2, -0.15) is 0 Å². The third kappa shape index (κ3) is 5.79. The zero-order chi connectivity index (χ0) is 35.9. The van der Waals surface area contributed by atoms with E-state index in [1.807, 2.05) is 48.5 Å². The number of hydrogen-bond donors (Lipinski definition) is 0. The summed E-state index contributed by atoms with van der Waals surface area (Å²) in [7, 11) is 0. The molecule has 4 heteroatoms. The van der Waals surface area contributed by atoms with Crippen molar-refractivity contribution in [3.8, 4) is 78.7 Å². The molecule has 0 radical (unpaired) electrons. The maximum atomic E-state index is 7.77. The smallest absolute Gasteiger partial charge is 0.195 e. The number of benzene rings is 7. The molecule has 53 heavy (non-hydrogen) atoms. The first-order valence-electron chi connectivity index (χ1n) is 17.8. The molecule has 0 fully saturated rings. The fraction of sp³-hybridized carbons (Fsp3) is 0.0612. The highest BCUT2D eigenvalue weighted by Gasteiger charge is 2.36. The van der Waals surface area contributed by atoms with Gasteiger partial charge in [0.1, 0.15) is 0 Å². The van der Waals surface area contributed by atoms with Crippen LogP contribution >= 0.6 is 0 Å².